The fraction of sp³-hybridized carbons (Fsp3) is 0.246. The number of rotatable bonds is 4. The van der Waals surface area contributed by atoms with E-state index in [1.54, 1.807) is 0 Å². The molecular formula is C61H57NO. The number of ether oxygens (including phenoxy) is 1. The first-order valence-corrected chi connectivity index (χ1v) is 22.8. The van der Waals surface area contributed by atoms with Crippen molar-refractivity contribution in [3.63, 3.8) is 0 Å². The van der Waals surface area contributed by atoms with E-state index in [9.17, 15) is 0 Å². The molecule has 1 heterocycles. The lowest BCUT2D eigenvalue weighted by molar-refractivity contribution is 0.433. The molecule has 7 aromatic carbocycles. The summed E-state index contributed by atoms with van der Waals surface area (Å²) >= 11 is 0. The van der Waals surface area contributed by atoms with Crippen molar-refractivity contribution >= 4 is 11.4 Å². The minimum absolute atomic E-state index is 0.0295. The molecule has 0 amide bonds. The van der Waals surface area contributed by atoms with Gasteiger partial charge in [-0.15, -0.1) is 0 Å². The van der Waals surface area contributed by atoms with Crippen LogP contribution in [0.2, 0.25) is 0 Å². The van der Waals surface area contributed by atoms with Crippen molar-refractivity contribution < 1.29 is 4.74 Å². The second-order valence-corrected chi connectivity index (χ2v) is 21.1. The zero-order valence-corrected chi connectivity index (χ0v) is 38.2. The molecule has 7 aromatic rings. The van der Waals surface area contributed by atoms with Crippen LogP contribution in [0.4, 0.5) is 11.4 Å². The monoisotopic (exact) mass is 819 g/mol. The summed E-state index contributed by atoms with van der Waals surface area (Å²) in [6.07, 6.45) is 7.83. The quantitative estimate of drug-likeness (QED) is 0.175. The molecule has 2 heteroatoms. The highest BCUT2D eigenvalue weighted by atomic mass is 16.5. The van der Waals surface area contributed by atoms with Crippen molar-refractivity contribution in [2.75, 3.05) is 4.90 Å². The predicted octanol–water partition coefficient (Wildman–Crippen LogP) is 16.0. The smallest absolute Gasteiger partial charge is 0.132 e. The van der Waals surface area contributed by atoms with Gasteiger partial charge in [0.05, 0.1) is 5.41 Å². The van der Waals surface area contributed by atoms with Crippen molar-refractivity contribution in [1.82, 2.24) is 0 Å². The van der Waals surface area contributed by atoms with E-state index in [0.29, 0.717) is 0 Å². The first kappa shape index (κ1) is 39.5. The summed E-state index contributed by atoms with van der Waals surface area (Å²) < 4.78 is 7.07. The molecule has 4 aliphatic rings. The predicted molar refractivity (Wildman–Crippen MR) is 263 cm³/mol. The average Bonchev–Trinajstić information content (AvgIpc) is 3.69. The van der Waals surface area contributed by atoms with Crippen LogP contribution in [0.15, 0.2) is 176 Å². The van der Waals surface area contributed by atoms with Gasteiger partial charge in [0.25, 0.3) is 0 Å². The number of hydrogen-bond acceptors (Lipinski definition) is 2. The Labute approximate surface area is 374 Å². The zero-order valence-electron chi connectivity index (χ0n) is 38.2. The third-order valence-corrected chi connectivity index (χ3v) is 14.9. The Morgan fingerprint density at radius 3 is 1.81 bits per heavy atom. The van der Waals surface area contributed by atoms with Crippen LogP contribution >= 0.6 is 0 Å². The van der Waals surface area contributed by atoms with Crippen LogP contribution in [0, 0.1) is 0 Å². The van der Waals surface area contributed by atoms with Crippen LogP contribution < -0.4 is 9.64 Å². The molecule has 0 saturated heterocycles. The maximum absolute atomic E-state index is 7.07. The molecule has 2 atom stereocenters. The molecule has 0 aromatic heterocycles. The number of fused-ring (bicyclic) bond motifs is 12. The SMILES string of the molecule is CC(C)(C)c1cc2c(c(C(C)(C)C)c1)C1(c3ccccc3Oc3ccc(N(C4=CC=CCC4(C)c4ccccc4)c4ccc5c(c4)C(C)(C)c4ccccc4-5)cc31)c1ccccc1-2. The van der Waals surface area contributed by atoms with E-state index in [-0.39, 0.29) is 21.7 Å². The van der Waals surface area contributed by atoms with Crippen LogP contribution in [-0.2, 0) is 27.1 Å². The van der Waals surface area contributed by atoms with Gasteiger partial charge in [0.1, 0.15) is 11.5 Å². The Bertz CT molecular complexity index is 3080. The second kappa shape index (κ2) is 13.6. The molecule has 312 valence electrons. The Hall–Kier alpha value is -6.38. The summed E-state index contributed by atoms with van der Waals surface area (Å²) in [7, 11) is 0. The van der Waals surface area contributed by atoms with E-state index < -0.39 is 5.41 Å². The standard InChI is InChI=1S/C61H57NO/c1-57(2,3)40-35-46-44-24-14-16-26-48(44)61(56(46)52(36-40)58(4,5)6)49-27-17-18-28-53(49)63-54-33-31-42(38-51(54)61)62(55-29-19-20-34-60(55,9)39-21-11-10-12-22-39)41-30-32-45-43-23-13-15-25-47(43)59(7,8)50(45)37-41/h10-33,35-38H,34H2,1-9H3. The summed E-state index contributed by atoms with van der Waals surface area (Å²) in [6, 6.07) is 57.3. The van der Waals surface area contributed by atoms with Crippen molar-refractivity contribution in [3.05, 3.63) is 226 Å². The third kappa shape index (κ3) is 5.62. The van der Waals surface area contributed by atoms with Crippen molar-refractivity contribution in [2.24, 2.45) is 0 Å². The summed E-state index contributed by atoms with van der Waals surface area (Å²) in [5.41, 5.74) is 19.3. The number of nitrogens with zero attached hydrogens (tertiary/aromatic N) is 1. The number of anilines is 2. The van der Waals surface area contributed by atoms with E-state index in [2.05, 4.69) is 237 Å². The zero-order chi connectivity index (χ0) is 43.7. The summed E-state index contributed by atoms with van der Waals surface area (Å²) in [5, 5.41) is 0. The fourth-order valence-electron chi connectivity index (χ4n) is 11.6. The molecule has 63 heavy (non-hydrogen) atoms. The first-order valence-electron chi connectivity index (χ1n) is 22.8. The second-order valence-electron chi connectivity index (χ2n) is 21.1. The van der Waals surface area contributed by atoms with Crippen LogP contribution in [0.3, 0.4) is 0 Å². The van der Waals surface area contributed by atoms with Crippen molar-refractivity contribution in [2.45, 2.75) is 95.8 Å². The number of allylic oxidation sites excluding steroid dienone is 4. The van der Waals surface area contributed by atoms with Gasteiger partial charge in [0.15, 0.2) is 0 Å². The lowest BCUT2D eigenvalue weighted by Gasteiger charge is -2.44. The van der Waals surface area contributed by atoms with Gasteiger partial charge in [0, 0.05) is 39.0 Å². The van der Waals surface area contributed by atoms with Gasteiger partial charge in [-0.05, 0) is 128 Å². The molecule has 0 fully saturated rings. The molecule has 2 nitrogen and oxygen atoms in total. The Morgan fingerprint density at radius 2 is 1.10 bits per heavy atom. The summed E-state index contributed by atoms with van der Waals surface area (Å²) in [5.74, 6) is 1.81. The van der Waals surface area contributed by atoms with Crippen LogP contribution in [0.25, 0.3) is 22.3 Å². The van der Waals surface area contributed by atoms with Crippen molar-refractivity contribution in [1.29, 1.82) is 0 Å². The van der Waals surface area contributed by atoms with Gasteiger partial charge in [-0.3, -0.25) is 0 Å². The van der Waals surface area contributed by atoms with Gasteiger partial charge in [0.2, 0.25) is 0 Å². The minimum Gasteiger partial charge on any atom is -0.457 e. The summed E-state index contributed by atoms with van der Waals surface area (Å²) in [6.45, 7) is 21.4. The lowest BCUT2D eigenvalue weighted by Crippen LogP contribution is -2.37. The normalized spacial score (nSPS) is 19.9. The molecule has 3 aliphatic carbocycles. The van der Waals surface area contributed by atoms with Gasteiger partial charge in [-0.25, -0.2) is 0 Å². The first-order chi connectivity index (χ1) is 30.1. The van der Waals surface area contributed by atoms with Crippen LogP contribution in [-0.4, -0.2) is 0 Å². The molecule has 1 aliphatic heterocycles. The highest BCUT2D eigenvalue weighted by Crippen LogP contribution is 2.65. The van der Waals surface area contributed by atoms with E-state index in [1.165, 1.54) is 78.0 Å². The Balaban J connectivity index is 1.22. The topological polar surface area (TPSA) is 12.5 Å². The maximum Gasteiger partial charge on any atom is 0.132 e. The third-order valence-electron chi connectivity index (χ3n) is 14.9. The van der Waals surface area contributed by atoms with Gasteiger partial charge in [-0.2, -0.15) is 0 Å². The lowest BCUT2D eigenvalue weighted by atomic mass is 9.62. The van der Waals surface area contributed by atoms with E-state index in [1.807, 2.05) is 0 Å². The Morgan fingerprint density at radius 1 is 0.508 bits per heavy atom. The molecule has 11 rings (SSSR count). The van der Waals surface area contributed by atoms with Gasteiger partial charge >= 0.3 is 0 Å². The number of benzene rings is 7. The molecule has 0 radical (unpaired) electrons. The van der Waals surface area contributed by atoms with Gasteiger partial charge in [-0.1, -0.05) is 183 Å². The minimum atomic E-state index is -0.637. The molecule has 0 saturated carbocycles. The van der Waals surface area contributed by atoms with E-state index >= 15 is 0 Å². The highest BCUT2D eigenvalue weighted by molar-refractivity contribution is 5.92. The summed E-state index contributed by atoms with van der Waals surface area (Å²) in [4.78, 5) is 2.57. The molecular weight excluding hydrogens is 763 g/mol. The molecule has 2 unspecified atom stereocenters. The molecule has 0 bridgehead atoms. The maximum atomic E-state index is 7.07. The van der Waals surface area contributed by atoms with Crippen LogP contribution in [0.5, 0.6) is 11.5 Å². The van der Waals surface area contributed by atoms with Crippen LogP contribution in [0.1, 0.15) is 119 Å². The fourth-order valence-corrected chi connectivity index (χ4v) is 11.6. The van der Waals surface area contributed by atoms with Crippen molar-refractivity contribution in [3.8, 4) is 33.8 Å². The van der Waals surface area contributed by atoms with E-state index in [0.717, 1.165) is 29.3 Å². The van der Waals surface area contributed by atoms with Gasteiger partial charge < -0.3 is 9.64 Å². The molecule has 1 spiro atoms. The van der Waals surface area contributed by atoms with E-state index in [4.69, 9.17) is 4.74 Å². The molecule has 0 N–H and O–H groups in total. The number of para-hydroxylation sites is 1. The highest BCUT2D eigenvalue weighted by Gasteiger charge is 2.54. The Kier molecular flexibility index (Phi) is 8.49. The number of hydrogen-bond donors (Lipinski definition) is 0. The largest absolute Gasteiger partial charge is 0.457 e. The average molecular weight is 820 g/mol.